The van der Waals surface area contributed by atoms with Gasteiger partial charge in [-0.05, 0) is 42.0 Å². The first-order valence-corrected chi connectivity index (χ1v) is 8.92. The van der Waals surface area contributed by atoms with Crippen LogP contribution in [0.2, 0.25) is 0 Å². The molecule has 0 saturated heterocycles. The lowest BCUT2D eigenvalue weighted by atomic mass is 10.2. The first kappa shape index (κ1) is 17.7. The molecule has 2 aromatic rings. The smallest absolute Gasteiger partial charge is 0.232 e. The molecule has 0 aromatic heterocycles. The predicted molar refractivity (Wildman–Crippen MR) is 92.1 cm³/mol. The molecule has 24 heavy (non-hydrogen) atoms. The van der Waals surface area contributed by atoms with Gasteiger partial charge in [-0.1, -0.05) is 12.1 Å². The molecule has 0 unspecified atom stereocenters. The van der Waals surface area contributed by atoms with Gasteiger partial charge >= 0.3 is 0 Å². The van der Waals surface area contributed by atoms with E-state index in [0.717, 1.165) is 6.26 Å². The minimum atomic E-state index is -3.51. The van der Waals surface area contributed by atoms with Gasteiger partial charge in [0.25, 0.3) is 0 Å². The summed E-state index contributed by atoms with van der Waals surface area (Å²) < 4.78 is 43.5. The molecule has 0 aliphatic rings. The van der Waals surface area contributed by atoms with Crippen LogP contribution in [-0.2, 0) is 16.6 Å². The van der Waals surface area contributed by atoms with Crippen LogP contribution in [0.4, 0.5) is 10.1 Å². The zero-order valence-corrected chi connectivity index (χ0v) is 14.1. The van der Waals surface area contributed by atoms with E-state index in [1.54, 1.807) is 43.5 Å². The normalized spacial score (nSPS) is 11.9. The molecule has 0 spiro atoms. The van der Waals surface area contributed by atoms with Gasteiger partial charge in [-0.25, -0.2) is 17.8 Å². The van der Waals surface area contributed by atoms with E-state index in [9.17, 15) is 12.8 Å². The Hall–Kier alpha value is -2.61. The lowest BCUT2D eigenvalue weighted by Crippen LogP contribution is -2.35. The summed E-state index contributed by atoms with van der Waals surface area (Å²) in [6.07, 6.45) is 1.03. The lowest BCUT2D eigenvalue weighted by molar-refractivity contribution is 0.415. The van der Waals surface area contributed by atoms with E-state index in [4.69, 9.17) is 4.74 Å². The van der Waals surface area contributed by atoms with Gasteiger partial charge in [0.15, 0.2) is 0 Å². The molecular formula is C16H18FN3O3S. The molecule has 0 radical (unpaired) electrons. The number of methoxy groups -OCH3 is 1. The molecule has 0 fully saturated rings. The van der Waals surface area contributed by atoms with Crippen molar-refractivity contribution in [1.82, 2.24) is 4.72 Å². The van der Waals surface area contributed by atoms with E-state index >= 15 is 0 Å². The van der Waals surface area contributed by atoms with E-state index in [2.05, 4.69) is 15.0 Å². The Bertz CT molecular complexity index is 821. The van der Waals surface area contributed by atoms with Crippen molar-refractivity contribution in [3.8, 4) is 5.75 Å². The molecule has 0 heterocycles. The Morgan fingerprint density at radius 2 is 1.92 bits per heavy atom. The van der Waals surface area contributed by atoms with Gasteiger partial charge in [-0.2, -0.15) is 0 Å². The Morgan fingerprint density at radius 1 is 1.21 bits per heavy atom. The topological polar surface area (TPSA) is 79.8 Å². The number of aliphatic imine (C=N–C) groups is 1. The highest BCUT2D eigenvalue weighted by molar-refractivity contribution is 7.89. The number of sulfonamides is 1. The van der Waals surface area contributed by atoms with E-state index in [1.165, 1.54) is 12.1 Å². The lowest BCUT2D eigenvalue weighted by Gasteiger charge is -2.11. The van der Waals surface area contributed by atoms with E-state index in [1.807, 2.05) is 0 Å². The van der Waals surface area contributed by atoms with Crippen LogP contribution in [-0.4, -0.2) is 27.7 Å². The van der Waals surface area contributed by atoms with Crippen molar-refractivity contribution in [3.05, 3.63) is 59.9 Å². The Labute approximate surface area is 140 Å². The van der Waals surface area contributed by atoms with Crippen molar-refractivity contribution in [1.29, 1.82) is 0 Å². The van der Waals surface area contributed by atoms with Gasteiger partial charge in [0.1, 0.15) is 11.6 Å². The van der Waals surface area contributed by atoms with Crippen LogP contribution in [0.1, 0.15) is 5.56 Å². The molecule has 0 bridgehead atoms. The fraction of sp³-hybridized carbons (Fsp3) is 0.188. The molecule has 2 N–H and O–H groups in total. The number of anilines is 1. The maximum Gasteiger partial charge on any atom is 0.232 e. The number of guanidine groups is 1. The maximum atomic E-state index is 13.2. The van der Waals surface area contributed by atoms with Crippen molar-refractivity contribution < 1.29 is 17.5 Å². The molecule has 0 saturated carbocycles. The SMILES string of the molecule is COc1ccc(NC(=NCc2cccc(F)c2)NS(C)(=O)=O)cc1. The van der Waals surface area contributed by atoms with Crippen molar-refractivity contribution >= 4 is 21.7 Å². The standard InChI is InChI=1S/C16H18FN3O3S/c1-23-15-8-6-14(7-9-15)19-16(20-24(2,21)22)18-11-12-4-3-5-13(17)10-12/h3-10H,11H2,1-2H3,(H2,18,19,20). The number of rotatable bonds is 5. The highest BCUT2D eigenvalue weighted by Crippen LogP contribution is 2.15. The molecule has 2 aromatic carbocycles. The van der Waals surface area contributed by atoms with Gasteiger partial charge in [0.2, 0.25) is 16.0 Å². The molecular weight excluding hydrogens is 333 g/mol. The van der Waals surface area contributed by atoms with Crippen molar-refractivity contribution in [2.24, 2.45) is 4.99 Å². The Kier molecular flexibility index (Phi) is 5.75. The molecule has 0 atom stereocenters. The summed E-state index contributed by atoms with van der Waals surface area (Å²) >= 11 is 0. The third-order valence-electron chi connectivity index (χ3n) is 2.94. The quantitative estimate of drug-likeness (QED) is 0.640. The van der Waals surface area contributed by atoms with E-state index in [0.29, 0.717) is 17.0 Å². The number of nitrogens with one attached hydrogen (secondary N) is 2. The minimum absolute atomic E-state index is 0.0481. The zero-order chi connectivity index (χ0) is 17.6. The summed E-state index contributed by atoms with van der Waals surface area (Å²) in [5.41, 5.74) is 1.25. The number of benzene rings is 2. The molecule has 0 aliphatic carbocycles. The van der Waals surface area contributed by atoms with Crippen LogP contribution in [0, 0.1) is 5.82 Å². The van der Waals surface area contributed by atoms with Gasteiger partial charge in [-0.3, -0.25) is 4.72 Å². The number of hydrogen-bond donors (Lipinski definition) is 2. The second kappa shape index (κ2) is 7.78. The summed E-state index contributed by atoms with van der Waals surface area (Å²) in [5.74, 6) is 0.352. The van der Waals surface area contributed by atoms with Crippen LogP contribution < -0.4 is 14.8 Å². The van der Waals surface area contributed by atoms with Crippen LogP contribution in [0.15, 0.2) is 53.5 Å². The van der Waals surface area contributed by atoms with Gasteiger partial charge < -0.3 is 10.1 Å². The highest BCUT2D eigenvalue weighted by Gasteiger charge is 2.07. The van der Waals surface area contributed by atoms with Crippen LogP contribution in [0.5, 0.6) is 5.75 Å². The van der Waals surface area contributed by atoms with E-state index in [-0.39, 0.29) is 18.3 Å². The summed E-state index contributed by atoms with van der Waals surface area (Å²) in [7, 11) is -1.96. The Balaban J connectivity index is 2.18. The second-order valence-electron chi connectivity index (χ2n) is 5.02. The fourth-order valence-corrected chi connectivity index (χ4v) is 2.36. The average molecular weight is 351 g/mol. The summed E-state index contributed by atoms with van der Waals surface area (Å²) in [4.78, 5) is 4.18. The summed E-state index contributed by atoms with van der Waals surface area (Å²) in [5, 5.41) is 2.88. The number of ether oxygens (including phenoxy) is 1. The molecule has 0 aliphatic heterocycles. The molecule has 2 rings (SSSR count). The van der Waals surface area contributed by atoms with Gasteiger partial charge in [0, 0.05) is 5.69 Å². The largest absolute Gasteiger partial charge is 0.497 e. The predicted octanol–water partition coefficient (Wildman–Crippen LogP) is 2.35. The van der Waals surface area contributed by atoms with E-state index < -0.39 is 10.0 Å². The number of hydrogen-bond acceptors (Lipinski definition) is 4. The maximum absolute atomic E-state index is 13.2. The average Bonchev–Trinajstić information content (AvgIpc) is 2.52. The fourth-order valence-electron chi connectivity index (χ4n) is 1.89. The van der Waals surface area contributed by atoms with Crippen molar-refractivity contribution in [2.75, 3.05) is 18.7 Å². The minimum Gasteiger partial charge on any atom is -0.497 e. The second-order valence-corrected chi connectivity index (χ2v) is 6.77. The third-order valence-corrected chi connectivity index (χ3v) is 3.51. The van der Waals surface area contributed by atoms with Crippen LogP contribution >= 0.6 is 0 Å². The van der Waals surface area contributed by atoms with Crippen molar-refractivity contribution in [2.45, 2.75) is 6.54 Å². The number of nitrogens with zero attached hydrogens (tertiary/aromatic N) is 1. The molecule has 128 valence electrons. The third kappa shape index (κ3) is 5.88. The summed E-state index contributed by atoms with van der Waals surface area (Å²) in [6.45, 7) is 0.124. The Morgan fingerprint density at radius 3 is 2.50 bits per heavy atom. The number of halogens is 1. The van der Waals surface area contributed by atoms with Crippen LogP contribution in [0.25, 0.3) is 0 Å². The first-order valence-electron chi connectivity index (χ1n) is 7.03. The monoisotopic (exact) mass is 351 g/mol. The zero-order valence-electron chi connectivity index (χ0n) is 13.3. The first-order chi connectivity index (χ1) is 11.4. The molecule has 0 amide bonds. The van der Waals surface area contributed by atoms with Crippen LogP contribution in [0.3, 0.4) is 0 Å². The highest BCUT2D eigenvalue weighted by atomic mass is 32.2. The molecule has 6 nitrogen and oxygen atoms in total. The molecule has 8 heteroatoms. The van der Waals surface area contributed by atoms with Gasteiger partial charge in [-0.15, -0.1) is 0 Å². The van der Waals surface area contributed by atoms with Gasteiger partial charge in [0.05, 0.1) is 19.9 Å². The van der Waals surface area contributed by atoms with Crippen molar-refractivity contribution in [3.63, 3.8) is 0 Å². The summed E-state index contributed by atoms with van der Waals surface area (Å²) in [6, 6.07) is 12.9.